The van der Waals surface area contributed by atoms with Crippen molar-refractivity contribution in [1.29, 1.82) is 0 Å². The molecule has 4 aliphatic heterocycles. The van der Waals surface area contributed by atoms with Gasteiger partial charge < -0.3 is 49.7 Å². The summed E-state index contributed by atoms with van der Waals surface area (Å²) in [5.74, 6) is -0.688. The minimum absolute atomic E-state index is 0.0176. The van der Waals surface area contributed by atoms with Gasteiger partial charge in [0.05, 0.1) is 66.5 Å². The van der Waals surface area contributed by atoms with Crippen LogP contribution in [0.5, 0.6) is 0 Å². The van der Waals surface area contributed by atoms with Crippen LogP contribution >= 0.6 is 0 Å². The molecule has 2 aromatic heterocycles. The van der Waals surface area contributed by atoms with Gasteiger partial charge in [0.2, 0.25) is 11.8 Å². The van der Waals surface area contributed by atoms with Crippen molar-refractivity contribution < 1.29 is 37.4 Å². The Morgan fingerprint density at radius 1 is 0.573 bits per heavy atom. The quantitative estimate of drug-likeness (QED) is 0.0869. The lowest BCUT2D eigenvalue weighted by molar-refractivity contribution is -0.136. The number of likely N-dealkylation sites (tertiary alicyclic amines) is 2. The maximum absolute atomic E-state index is 17.1. The van der Waals surface area contributed by atoms with Crippen molar-refractivity contribution in [3.8, 4) is 0 Å². The molecule has 6 heterocycles. The number of nitrogens with one attached hydrogen (secondary N) is 4. The Labute approximate surface area is 435 Å². The third kappa shape index (κ3) is 10.1. The maximum Gasteiger partial charge on any atom is 0.407 e. The van der Waals surface area contributed by atoms with E-state index in [1.165, 1.54) is 26.4 Å². The SMILES string of the molecule is COC(=O)NC(C(=O)N1CCC[C@H]1c1nc2cc([C@H]3CC[C@H](c4ccc5[nH]c([C@@H]6CCCN6C(=O)[C@@H](NC(=O)OC)C(C)C)nc5c4)N3c3cc(F)c(N4CCCCC4c4ccccc4)c(F)c3)ccc2[nH]1)C(C)C. The first kappa shape index (κ1) is 51.3. The molecule has 4 amide bonds. The fraction of sp³-hybridized carbons (Fsp3) is 0.474. The molecule has 4 aliphatic rings. The maximum atomic E-state index is 17.1. The van der Waals surface area contributed by atoms with Crippen molar-refractivity contribution in [2.45, 2.75) is 128 Å². The van der Waals surface area contributed by atoms with Crippen LogP contribution in [0.15, 0.2) is 78.9 Å². The third-order valence-corrected chi connectivity index (χ3v) is 16.0. The molecule has 10 rings (SSSR count). The number of alkyl carbamates (subject to hydrolysis) is 2. The summed E-state index contributed by atoms with van der Waals surface area (Å²) in [5, 5.41) is 5.44. The summed E-state index contributed by atoms with van der Waals surface area (Å²) in [6.07, 6.45) is 5.52. The van der Waals surface area contributed by atoms with Crippen LogP contribution in [0.1, 0.15) is 144 Å². The van der Waals surface area contributed by atoms with Crippen molar-refractivity contribution in [2.24, 2.45) is 11.8 Å². The topological polar surface area (TPSA) is 181 Å². The molecule has 0 aliphatic carbocycles. The van der Waals surface area contributed by atoms with Crippen LogP contribution in [0.4, 0.5) is 29.7 Å². The van der Waals surface area contributed by atoms with Crippen LogP contribution in [-0.4, -0.2) is 99.7 Å². The Kier molecular flexibility index (Phi) is 14.7. The number of carbonyl (C=O) groups excluding carboxylic acids is 4. The summed E-state index contributed by atoms with van der Waals surface area (Å²) in [5.41, 5.74) is 6.26. The smallest absolute Gasteiger partial charge is 0.407 e. The molecule has 0 radical (unpaired) electrons. The molecular weight excluding hydrogens is 959 g/mol. The number of carbonyl (C=O) groups is 4. The normalized spacial score (nSPS) is 21.9. The number of methoxy groups -OCH3 is 2. The van der Waals surface area contributed by atoms with E-state index in [0.29, 0.717) is 73.7 Å². The number of fused-ring (bicyclic) bond motifs is 2. The number of halogens is 2. The van der Waals surface area contributed by atoms with Crippen molar-refractivity contribution in [3.05, 3.63) is 119 Å². The molecule has 0 spiro atoms. The second-order valence-electron chi connectivity index (χ2n) is 21.3. The molecule has 4 saturated heterocycles. The molecule has 16 nitrogen and oxygen atoms in total. The highest BCUT2D eigenvalue weighted by Gasteiger charge is 2.41. The zero-order chi connectivity index (χ0) is 52.7. The summed E-state index contributed by atoms with van der Waals surface area (Å²) in [6.45, 7) is 9.11. The highest BCUT2D eigenvalue weighted by Crippen LogP contribution is 2.50. The van der Waals surface area contributed by atoms with Gasteiger partial charge in [0.25, 0.3) is 0 Å². The van der Waals surface area contributed by atoms with Crippen LogP contribution in [-0.2, 0) is 19.1 Å². The van der Waals surface area contributed by atoms with Gasteiger partial charge in [-0.05, 0) is 123 Å². The lowest BCUT2D eigenvalue weighted by Gasteiger charge is -2.39. The molecule has 6 aromatic rings. The molecule has 0 saturated carbocycles. The van der Waals surface area contributed by atoms with E-state index in [4.69, 9.17) is 19.4 Å². The molecule has 4 aromatic carbocycles. The lowest BCUT2D eigenvalue weighted by Crippen LogP contribution is -2.51. The zero-order valence-electron chi connectivity index (χ0n) is 43.6. The monoisotopic (exact) mass is 1030 g/mol. The van der Waals surface area contributed by atoms with Crippen molar-refractivity contribution >= 4 is 57.4 Å². The second-order valence-corrected chi connectivity index (χ2v) is 21.3. The molecular formula is C57H68F2N10O6. The average molecular weight is 1030 g/mol. The summed E-state index contributed by atoms with van der Waals surface area (Å²) in [6, 6.07) is 22.1. The number of rotatable bonds is 13. The van der Waals surface area contributed by atoms with E-state index < -0.39 is 35.9 Å². The van der Waals surface area contributed by atoms with Crippen molar-refractivity contribution in [3.63, 3.8) is 0 Å². The summed E-state index contributed by atoms with van der Waals surface area (Å²) in [7, 11) is 2.55. The molecule has 75 heavy (non-hydrogen) atoms. The Morgan fingerprint density at radius 3 is 1.52 bits per heavy atom. The number of imidazole rings is 2. The summed E-state index contributed by atoms with van der Waals surface area (Å²) >= 11 is 0. The average Bonchev–Trinajstić information content (AvgIpc) is 4.28. The number of nitrogens with zero attached hydrogens (tertiary/aromatic N) is 6. The molecule has 2 unspecified atom stereocenters. The minimum Gasteiger partial charge on any atom is -0.453 e. The largest absolute Gasteiger partial charge is 0.453 e. The number of aromatic nitrogens is 4. The predicted molar refractivity (Wildman–Crippen MR) is 282 cm³/mol. The van der Waals surface area contributed by atoms with Gasteiger partial charge in [-0.1, -0.05) is 70.2 Å². The Morgan fingerprint density at radius 2 is 1.05 bits per heavy atom. The van der Waals surface area contributed by atoms with Gasteiger partial charge in [0, 0.05) is 25.3 Å². The lowest BCUT2D eigenvalue weighted by atomic mass is 9.94. The van der Waals surface area contributed by atoms with Crippen LogP contribution in [0.3, 0.4) is 0 Å². The third-order valence-electron chi connectivity index (χ3n) is 16.0. The first-order chi connectivity index (χ1) is 36.2. The standard InChI is InChI=1S/C57H68F2N10O6/c1-32(2)49(64-56(72)74-5)54(70)67-26-12-17-47(67)52-60-40-21-19-35(28-42(40)62-52)45-23-24-46(69(45)37-30-38(58)51(39(59)31-37)66-25-11-10-16-44(66)34-14-8-7-9-15-34)36-20-22-41-43(29-36)63-53(61-41)48-18-13-27-68(48)55(71)50(33(3)4)65-57(73)75-6/h7-9,14-15,19-22,28-33,44-50H,10-13,16-18,23-27H2,1-6H3,(H,60,62)(H,61,63)(H,64,72)(H,65,73)/t44?,45-,46-,47+,48+,49+,50?/m1/s1. The van der Waals surface area contributed by atoms with Gasteiger partial charge in [-0.25, -0.2) is 28.3 Å². The van der Waals surface area contributed by atoms with E-state index >= 15 is 8.78 Å². The number of aromatic amines is 2. The number of ether oxygens (including phenoxy) is 2. The molecule has 0 bridgehead atoms. The van der Waals surface area contributed by atoms with Gasteiger partial charge in [-0.15, -0.1) is 0 Å². The number of hydrogen-bond donors (Lipinski definition) is 4. The van der Waals surface area contributed by atoms with Crippen LogP contribution in [0, 0.1) is 23.5 Å². The Hall–Kier alpha value is -7.24. The molecule has 4 N–H and O–H groups in total. The predicted octanol–water partition coefficient (Wildman–Crippen LogP) is 10.6. The van der Waals surface area contributed by atoms with E-state index in [0.717, 1.165) is 59.8 Å². The Bertz CT molecular complexity index is 2900. The summed E-state index contributed by atoms with van der Waals surface area (Å²) < 4.78 is 43.9. The molecule has 18 heteroatoms. The highest BCUT2D eigenvalue weighted by atomic mass is 19.1. The van der Waals surface area contributed by atoms with Crippen LogP contribution in [0.2, 0.25) is 0 Å². The zero-order valence-corrected chi connectivity index (χ0v) is 43.6. The van der Waals surface area contributed by atoms with E-state index in [1.807, 2.05) is 99.3 Å². The van der Waals surface area contributed by atoms with Crippen LogP contribution < -0.4 is 20.4 Å². The number of H-pyrrole nitrogens is 2. The van der Waals surface area contributed by atoms with E-state index in [2.05, 4.69) is 25.5 Å². The first-order valence-corrected chi connectivity index (χ1v) is 26.6. The van der Waals surface area contributed by atoms with Crippen molar-refractivity contribution in [2.75, 3.05) is 43.7 Å². The van der Waals surface area contributed by atoms with Gasteiger partial charge in [-0.3, -0.25) is 9.59 Å². The minimum atomic E-state index is -0.769. The molecule has 396 valence electrons. The number of anilines is 2. The van der Waals surface area contributed by atoms with E-state index in [-0.39, 0.29) is 59.5 Å². The van der Waals surface area contributed by atoms with Crippen LogP contribution in [0.25, 0.3) is 22.1 Å². The molecule has 4 fully saturated rings. The van der Waals surface area contributed by atoms with Gasteiger partial charge >= 0.3 is 12.2 Å². The van der Waals surface area contributed by atoms with Gasteiger partial charge in [0.1, 0.15) is 29.4 Å². The fourth-order valence-corrected chi connectivity index (χ4v) is 12.2. The first-order valence-electron chi connectivity index (χ1n) is 26.6. The second kappa shape index (κ2) is 21.5. The fourth-order valence-electron chi connectivity index (χ4n) is 12.2. The summed E-state index contributed by atoms with van der Waals surface area (Å²) in [4.78, 5) is 77.2. The number of amides is 4. The highest BCUT2D eigenvalue weighted by molar-refractivity contribution is 5.88. The van der Waals surface area contributed by atoms with Gasteiger partial charge in [-0.2, -0.15) is 0 Å². The van der Waals surface area contributed by atoms with Crippen molar-refractivity contribution in [1.82, 2.24) is 40.4 Å². The Balaban J connectivity index is 0.991. The van der Waals surface area contributed by atoms with E-state index in [1.54, 1.807) is 9.80 Å². The number of piperidine rings is 1. The number of hydrogen-bond acceptors (Lipinski definition) is 10. The molecule has 7 atom stereocenters. The van der Waals surface area contributed by atoms with E-state index in [9.17, 15) is 19.2 Å². The number of benzene rings is 4. The van der Waals surface area contributed by atoms with Gasteiger partial charge in [0.15, 0.2) is 11.6 Å².